The van der Waals surface area contributed by atoms with Crippen molar-refractivity contribution in [2.24, 2.45) is 0 Å². The molecule has 1 heterocycles. The fraction of sp³-hybridized carbons (Fsp3) is 0.545. The molecule has 17 heavy (non-hydrogen) atoms. The summed E-state index contributed by atoms with van der Waals surface area (Å²) in [7, 11) is 0. The highest BCUT2D eigenvalue weighted by molar-refractivity contribution is 5.62. The Kier molecular flexibility index (Phi) is 3.13. The Labute approximate surface area is 97.2 Å². The van der Waals surface area contributed by atoms with Crippen molar-refractivity contribution < 1.29 is 13.2 Å². The van der Waals surface area contributed by atoms with E-state index in [1.807, 2.05) is 0 Å². The minimum atomic E-state index is -4.40. The van der Waals surface area contributed by atoms with E-state index in [9.17, 15) is 13.2 Å². The molecular formula is C11H14F3N3. The van der Waals surface area contributed by atoms with Gasteiger partial charge in [-0.1, -0.05) is 12.8 Å². The third kappa shape index (κ3) is 2.81. The number of pyridine rings is 1. The highest BCUT2D eigenvalue weighted by Crippen LogP contribution is 2.32. The van der Waals surface area contributed by atoms with E-state index in [0.29, 0.717) is 5.82 Å². The molecule has 0 spiro atoms. The molecule has 0 saturated heterocycles. The number of aromatic nitrogens is 1. The van der Waals surface area contributed by atoms with E-state index in [-0.39, 0.29) is 11.7 Å². The van der Waals surface area contributed by atoms with Crippen LogP contribution in [0.25, 0.3) is 0 Å². The van der Waals surface area contributed by atoms with Crippen molar-refractivity contribution in [3.8, 4) is 0 Å². The van der Waals surface area contributed by atoms with Gasteiger partial charge in [0.1, 0.15) is 5.82 Å². The summed E-state index contributed by atoms with van der Waals surface area (Å²) in [5.41, 5.74) is 4.81. The van der Waals surface area contributed by atoms with Crippen LogP contribution in [0.2, 0.25) is 0 Å². The Bertz CT molecular complexity index is 397. The Hall–Kier alpha value is -1.46. The quantitative estimate of drug-likeness (QED) is 0.842. The van der Waals surface area contributed by atoms with Gasteiger partial charge in [-0.2, -0.15) is 13.2 Å². The van der Waals surface area contributed by atoms with Crippen LogP contribution in [-0.2, 0) is 6.18 Å². The van der Waals surface area contributed by atoms with Gasteiger partial charge in [0, 0.05) is 12.2 Å². The summed E-state index contributed by atoms with van der Waals surface area (Å²) in [6.07, 6.45) is 0.724. The summed E-state index contributed by atoms with van der Waals surface area (Å²) in [6, 6.07) is 1.20. The summed E-state index contributed by atoms with van der Waals surface area (Å²) in [6.45, 7) is 0. The second-order valence-corrected chi connectivity index (χ2v) is 4.29. The first-order valence-electron chi connectivity index (χ1n) is 5.56. The van der Waals surface area contributed by atoms with Crippen LogP contribution < -0.4 is 11.1 Å². The smallest absolute Gasteiger partial charge is 0.396 e. The lowest BCUT2D eigenvalue weighted by Gasteiger charge is -2.15. The summed E-state index contributed by atoms with van der Waals surface area (Å²) in [4.78, 5) is 3.75. The van der Waals surface area contributed by atoms with Crippen LogP contribution in [0, 0.1) is 0 Å². The van der Waals surface area contributed by atoms with Gasteiger partial charge < -0.3 is 11.1 Å². The molecule has 0 unspecified atom stereocenters. The second kappa shape index (κ2) is 4.43. The molecule has 94 valence electrons. The zero-order valence-electron chi connectivity index (χ0n) is 9.22. The lowest BCUT2D eigenvalue weighted by molar-refractivity contribution is -0.137. The minimum absolute atomic E-state index is 0.0479. The van der Waals surface area contributed by atoms with Crippen LogP contribution in [0.15, 0.2) is 12.3 Å². The highest BCUT2D eigenvalue weighted by atomic mass is 19.4. The van der Waals surface area contributed by atoms with Gasteiger partial charge in [0.15, 0.2) is 0 Å². The van der Waals surface area contributed by atoms with E-state index < -0.39 is 11.7 Å². The van der Waals surface area contributed by atoms with Gasteiger partial charge in [-0.15, -0.1) is 0 Å². The Morgan fingerprint density at radius 3 is 2.47 bits per heavy atom. The number of hydrogen-bond acceptors (Lipinski definition) is 3. The van der Waals surface area contributed by atoms with Crippen LogP contribution in [-0.4, -0.2) is 11.0 Å². The lowest BCUT2D eigenvalue weighted by atomic mass is 10.2. The number of nitrogens with one attached hydrogen (secondary N) is 1. The molecule has 0 aliphatic heterocycles. The molecule has 3 N–H and O–H groups in total. The first kappa shape index (κ1) is 12.0. The van der Waals surface area contributed by atoms with Crippen LogP contribution in [0.4, 0.5) is 24.7 Å². The number of anilines is 2. The van der Waals surface area contributed by atoms with Crippen molar-refractivity contribution in [1.29, 1.82) is 0 Å². The first-order valence-corrected chi connectivity index (χ1v) is 5.56. The Morgan fingerprint density at radius 1 is 1.29 bits per heavy atom. The zero-order chi connectivity index (χ0) is 12.5. The van der Waals surface area contributed by atoms with Gasteiger partial charge in [-0.05, 0) is 18.9 Å². The van der Waals surface area contributed by atoms with E-state index in [4.69, 9.17) is 5.73 Å². The largest absolute Gasteiger partial charge is 0.417 e. The number of hydrogen-bond donors (Lipinski definition) is 2. The predicted octanol–water partition coefficient (Wildman–Crippen LogP) is 3.04. The molecule has 0 bridgehead atoms. The number of nitrogens with zero attached hydrogens (tertiary/aromatic N) is 1. The lowest BCUT2D eigenvalue weighted by Crippen LogP contribution is -2.17. The van der Waals surface area contributed by atoms with Gasteiger partial charge in [0.05, 0.1) is 11.3 Å². The molecule has 0 radical (unpaired) electrons. The van der Waals surface area contributed by atoms with E-state index in [2.05, 4.69) is 10.3 Å². The van der Waals surface area contributed by atoms with Crippen molar-refractivity contribution in [3.05, 3.63) is 17.8 Å². The van der Waals surface area contributed by atoms with Crippen LogP contribution in [0.3, 0.4) is 0 Å². The number of nitrogens with two attached hydrogens (primary N) is 1. The van der Waals surface area contributed by atoms with Gasteiger partial charge in [0.25, 0.3) is 0 Å². The highest BCUT2D eigenvalue weighted by Gasteiger charge is 2.31. The van der Waals surface area contributed by atoms with Crippen molar-refractivity contribution in [2.75, 3.05) is 11.1 Å². The number of rotatable bonds is 2. The van der Waals surface area contributed by atoms with E-state index in [0.717, 1.165) is 37.9 Å². The van der Waals surface area contributed by atoms with Gasteiger partial charge in [-0.3, -0.25) is 0 Å². The number of alkyl halides is 3. The maximum absolute atomic E-state index is 12.4. The van der Waals surface area contributed by atoms with Crippen molar-refractivity contribution in [1.82, 2.24) is 4.98 Å². The van der Waals surface area contributed by atoms with Gasteiger partial charge in [-0.25, -0.2) is 4.98 Å². The molecule has 1 aliphatic rings. The number of nitrogen functional groups attached to an aromatic ring is 1. The zero-order valence-corrected chi connectivity index (χ0v) is 9.22. The Morgan fingerprint density at radius 2 is 1.94 bits per heavy atom. The molecule has 1 aromatic heterocycles. The Balaban J connectivity index is 2.14. The molecule has 1 saturated carbocycles. The molecule has 6 heteroatoms. The molecule has 2 rings (SSSR count). The summed E-state index contributed by atoms with van der Waals surface area (Å²) < 4.78 is 37.2. The van der Waals surface area contributed by atoms with Gasteiger partial charge in [0.2, 0.25) is 0 Å². The number of halogens is 3. The van der Waals surface area contributed by atoms with Crippen LogP contribution in [0.1, 0.15) is 31.2 Å². The fourth-order valence-electron chi connectivity index (χ4n) is 2.02. The SMILES string of the molecule is Nc1cc(C(F)(F)F)cnc1NC1CCCC1. The van der Waals surface area contributed by atoms with Gasteiger partial charge >= 0.3 is 6.18 Å². The average Bonchev–Trinajstić information content (AvgIpc) is 2.72. The summed E-state index contributed by atoms with van der Waals surface area (Å²) >= 11 is 0. The third-order valence-corrected chi connectivity index (χ3v) is 2.94. The van der Waals surface area contributed by atoms with Crippen molar-refractivity contribution in [2.45, 2.75) is 37.9 Å². The van der Waals surface area contributed by atoms with Crippen LogP contribution in [0.5, 0.6) is 0 Å². The molecule has 3 nitrogen and oxygen atoms in total. The van der Waals surface area contributed by atoms with Crippen molar-refractivity contribution >= 4 is 11.5 Å². The molecule has 0 aromatic carbocycles. The topological polar surface area (TPSA) is 50.9 Å². The monoisotopic (exact) mass is 245 g/mol. The summed E-state index contributed by atoms with van der Waals surface area (Å²) in [5, 5.41) is 3.08. The predicted molar refractivity (Wildman–Crippen MR) is 59.5 cm³/mol. The van der Waals surface area contributed by atoms with E-state index >= 15 is 0 Å². The molecule has 0 atom stereocenters. The molecule has 1 fully saturated rings. The maximum atomic E-state index is 12.4. The normalized spacial score (nSPS) is 17.4. The average molecular weight is 245 g/mol. The van der Waals surface area contributed by atoms with Crippen LogP contribution >= 0.6 is 0 Å². The maximum Gasteiger partial charge on any atom is 0.417 e. The van der Waals surface area contributed by atoms with Crippen molar-refractivity contribution in [3.63, 3.8) is 0 Å². The molecule has 1 aliphatic carbocycles. The van der Waals surface area contributed by atoms with E-state index in [1.165, 1.54) is 0 Å². The standard InChI is InChI=1S/C11H14F3N3/c12-11(13,14)7-5-9(15)10(16-6-7)17-8-3-1-2-4-8/h5-6,8H,1-4,15H2,(H,16,17). The molecule has 1 aromatic rings. The van der Waals surface area contributed by atoms with E-state index in [1.54, 1.807) is 0 Å². The fourth-order valence-corrected chi connectivity index (χ4v) is 2.02. The third-order valence-electron chi connectivity index (χ3n) is 2.94. The molecular weight excluding hydrogens is 231 g/mol. The first-order chi connectivity index (χ1) is 7.97. The summed E-state index contributed by atoms with van der Waals surface area (Å²) in [5.74, 6) is 0.352. The minimum Gasteiger partial charge on any atom is -0.396 e. The second-order valence-electron chi connectivity index (χ2n) is 4.29. The molecule has 0 amide bonds.